The lowest BCUT2D eigenvalue weighted by Gasteiger charge is -2.40. The minimum Gasteiger partial charge on any atom is -0.462 e. The molecule has 122 valence electrons. The largest absolute Gasteiger partial charge is 0.462 e. The number of carbonyl (C=O) groups is 1. The Bertz CT molecular complexity index is 356. The standard InChI is InChI=1S/C18H33NO2/c1-14-10-15(12-17(2,3)11-14)21-16(20)18(13-19)8-6-4-5-7-9-18/h14-15H,4-13,19H2,1-3H3. The SMILES string of the molecule is CC1CC(OC(=O)C2(CN)CCCCCC2)CC(C)(C)C1. The van der Waals surface area contributed by atoms with Crippen LogP contribution in [-0.2, 0) is 9.53 Å². The Morgan fingerprint density at radius 3 is 2.29 bits per heavy atom. The van der Waals surface area contributed by atoms with E-state index in [0.717, 1.165) is 38.5 Å². The zero-order chi connectivity index (χ0) is 15.5. The maximum absolute atomic E-state index is 12.8. The predicted molar refractivity (Wildman–Crippen MR) is 85.9 cm³/mol. The molecule has 3 nitrogen and oxygen atoms in total. The smallest absolute Gasteiger partial charge is 0.313 e. The highest BCUT2D eigenvalue weighted by atomic mass is 16.5. The lowest BCUT2D eigenvalue weighted by Crippen LogP contribution is -2.43. The van der Waals surface area contributed by atoms with E-state index >= 15 is 0 Å². The van der Waals surface area contributed by atoms with Gasteiger partial charge in [-0.2, -0.15) is 0 Å². The molecule has 0 amide bonds. The van der Waals surface area contributed by atoms with Crippen molar-refractivity contribution in [2.24, 2.45) is 22.5 Å². The van der Waals surface area contributed by atoms with E-state index in [9.17, 15) is 4.79 Å². The second kappa shape index (κ2) is 6.68. The van der Waals surface area contributed by atoms with Gasteiger partial charge in [0.1, 0.15) is 6.10 Å². The normalized spacial score (nSPS) is 32.2. The maximum atomic E-state index is 12.8. The summed E-state index contributed by atoms with van der Waals surface area (Å²) in [4.78, 5) is 12.8. The van der Waals surface area contributed by atoms with Crippen LogP contribution in [0.2, 0.25) is 0 Å². The van der Waals surface area contributed by atoms with E-state index in [1.165, 1.54) is 19.3 Å². The molecule has 0 radical (unpaired) electrons. The summed E-state index contributed by atoms with van der Waals surface area (Å²) >= 11 is 0. The average molecular weight is 295 g/mol. The van der Waals surface area contributed by atoms with Crippen LogP contribution in [0.1, 0.15) is 78.6 Å². The summed E-state index contributed by atoms with van der Waals surface area (Å²) in [6.07, 6.45) is 9.80. The molecule has 2 aliphatic carbocycles. The van der Waals surface area contributed by atoms with E-state index in [0.29, 0.717) is 12.5 Å². The molecule has 3 heteroatoms. The maximum Gasteiger partial charge on any atom is 0.313 e. The molecule has 0 aromatic carbocycles. The first-order chi connectivity index (χ1) is 9.87. The van der Waals surface area contributed by atoms with Gasteiger partial charge in [-0.1, -0.05) is 46.5 Å². The number of nitrogens with two attached hydrogens (primary N) is 1. The summed E-state index contributed by atoms with van der Waals surface area (Å²) in [6, 6.07) is 0. The summed E-state index contributed by atoms with van der Waals surface area (Å²) < 4.78 is 5.97. The Balaban J connectivity index is 2.01. The first kappa shape index (κ1) is 16.8. The molecule has 0 aromatic rings. The van der Waals surface area contributed by atoms with E-state index in [-0.39, 0.29) is 17.5 Å². The number of ether oxygens (including phenoxy) is 1. The second-order valence-corrected chi connectivity index (χ2v) is 8.34. The molecule has 0 bridgehead atoms. The molecule has 0 heterocycles. The van der Waals surface area contributed by atoms with Gasteiger partial charge in [-0.3, -0.25) is 4.79 Å². The molecule has 0 spiro atoms. The molecular formula is C18H33NO2. The minimum atomic E-state index is -0.401. The number of carbonyl (C=O) groups excluding carboxylic acids is 1. The van der Waals surface area contributed by atoms with Crippen molar-refractivity contribution in [3.63, 3.8) is 0 Å². The third-order valence-corrected chi connectivity index (χ3v) is 5.50. The van der Waals surface area contributed by atoms with Crippen LogP contribution in [0.4, 0.5) is 0 Å². The van der Waals surface area contributed by atoms with Crippen molar-refractivity contribution in [3.8, 4) is 0 Å². The van der Waals surface area contributed by atoms with Crippen molar-refractivity contribution < 1.29 is 9.53 Å². The highest BCUT2D eigenvalue weighted by Gasteiger charge is 2.41. The van der Waals surface area contributed by atoms with Gasteiger partial charge in [0, 0.05) is 6.54 Å². The van der Waals surface area contributed by atoms with E-state index in [4.69, 9.17) is 10.5 Å². The fourth-order valence-electron chi connectivity index (χ4n) is 4.52. The van der Waals surface area contributed by atoms with Gasteiger partial charge < -0.3 is 10.5 Å². The Kier molecular flexibility index (Phi) is 5.34. The van der Waals surface area contributed by atoms with Crippen LogP contribution in [0.15, 0.2) is 0 Å². The van der Waals surface area contributed by atoms with Gasteiger partial charge in [-0.15, -0.1) is 0 Å². The molecular weight excluding hydrogens is 262 g/mol. The van der Waals surface area contributed by atoms with Gasteiger partial charge in [-0.25, -0.2) is 0 Å². The van der Waals surface area contributed by atoms with Crippen LogP contribution in [0, 0.1) is 16.7 Å². The Hall–Kier alpha value is -0.570. The fraction of sp³-hybridized carbons (Fsp3) is 0.944. The van der Waals surface area contributed by atoms with Crippen molar-refractivity contribution in [2.75, 3.05) is 6.54 Å². The lowest BCUT2D eigenvalue weighted by atomic mass is 9.71. The number of esters is 1. The second-order valence-electron chi connectivity index (χ2n) is 8.34. The van der Waals surface area contributed by atoms with E-state index in [1.54, 1.807) is 0 Å². The molecule has 0 saturated heterocycles. The molecule has 21 heavy (non-hydrogen) atoms. The predicted octanol–water partition coefficient (Wildman–Crippen LogP) is 4.04. The highest BCUT2D eigenvalue weighted by molar-refractivity contribution is 5.77. The molecule has 2 fully saturated rings. The zero-order valence-electron chi connectivity index (χ0n) is 14.1. The summed E-state index contributed by atoms with van der Waals surface area (Å²) in [5.41, 5.74) is 5.87. The van der Waals surface area contributed by atoms with Crippen molar-refractivity contribution in [3.05, 3.63) is 0 Å². The van der Waals surface area contributed by atoms with E-state index in [2.05, 4.69) is 20.8 Å². The molecule has 0 aliphatic heterocycles. The Morgan fingerprint density at radius 2 is 1.76 bits per heavy atom. The molecule has 2 aliphatic rings. The number of rotatable bonds is 3. The molecule has 2 rings (SSSR count). The summed E-state index contributed by atoms with van der Waals surface area (Å²) in [7, 11) is 0. The third-order valence-electron chi connectivity index (χ3n) is 5.50. The fourth-order valence-corrected chi connectivity index (χ4v) is 4.52. The Labute approximate surface area is 130 Å². The van der Waals surface area contributed by atoms with Crippen LogP contribution < -0.4 is 5.73 Å². The van der Waals surface area contributed by atoms with Gasteiger partial charge in [0.05, 0.1) is 5.41 Å². The Morgan fingerprint density at radius 1 is 1.14 bits per heavy atom. The number of hydrogen-bond acceptors (Lipinski definition) is 3. The molecule has 2 N–H and O–H groups in total. The zero-order valence-corrected chi connectivity index (χ0v) is 14.1. The van der Waals surface area contributed by atoms with Crippen molar-refractivity contribution in [1.29, 1.82) is 0 Å². The van der Waals surface area contributed by atoms with Crippen LogP contribution in [-0.4, -0.2) is 18.6 Å². The monoisotopic (exact) mass is 295 g/mol. The van der Waals surface area contributed by atoms with E-state index < -0.39 is 5.41 Å². The number of hydrogen-bond donors (Lipinski definition) is 1. The van der Waals surface area contributed by atoms with Gasteiger partial charge in [0.2, 0.25) is 0 Å². The lowest BCUT2D eigenvalue weighted by molar-refractivity contribution is -0.166. The van der Waals surface area contributed by atoms with Gasteiger partial charge >= 0.3 is 5.97 Å². The van der Waals surface area contributed by atoms with Crippen LogP contribution in [0.5, 0.6) is 0 Å². The first-order valence-electron chi connectivity index (χ1n) is 8.78. The average Bonchev–Trinajstić information content (AvgIpc) is 2.62. The minimum absolute atomic E-state index is 0.0122. The van der Waals surface area contributed by atoms with Gasteiger partial charge in [0.25, 0.3) is 0 Å². The quantitative estimate of drug-likeness (QED) is 0.631. The van der Waals surface area contributed by atoms with Gasteiger partial charge in [-0.05, 0) is 43.4 Å². The topological polar surface area (TPSA) is 52.3 Å². The summed E-state index contributed by atoms with van der Waals surface area (Å²) in [5, 5.41) is 0. The third kappa shape index (κ3) is 4.21. The van der Waals surface area contributed by atoms with Crippen molar-refractivity contribution in [2.45, 2.75) is 84.7 Å². The van der Waals surface area contributed by atoms with Crippen LogP contribution in [0.3, 0.4) is 0 Å². The van der Waals surface area contributed by atoms with Crippen LogP contribution in [0.25, 0.3) is 0 Å². The van der Waals surface area contributed by atoms with Crippen molar-refractivity contribution >= 4 is 5.97 Å². The first-order valence-corrected chi connectivity index (χ1v) is 8.78. The molecule has 0 aromatic heterocycles. The van der Waals surface area contributed by atoms with Crippen molar-refractivity contribution in [1.82, 2.24) is 0 Å². The van der Waals surface area contributed by atoms with E-state index in [1.807, 2.05) is 0 Å². The molecule has 2 atom stereocenters. The van der Waals surface area contributed by atoms with Crippen LogP contribution >= 0.6 is 0 Å². The summed E-state index contributed by atoms with van der Waals surface area (Å²) in [5.74, 6) is 0.622. The molecule has 2 unspecified atom stereocenters. The highest BCUT2D eigenvalue weighted by Crippen LogP contribution is 2.41. The van der Waals surface area contributed by atoms with Gasteiger partial charge in [0.15, 0.2) is 0 Å². The molecule has 2 saturated carbocycles. The summed E-state index contributed by atoms with van der Waals surface area (Å²) in [6.45, 7) is 7.28.